The van der Waals surface area contributed by atoms with E-state index in [9.17, 15) is 9.59 Å². The Morgan fingerprint density at radius 2 is 2.00 bits per heavy atom. The van der Waals surface area contributed by atoms with Gasteiger partial charge in [0.05, 0.1) is 0 Å². The number of carboxylic acid groups (broad SMARTS) is 1. The minimum atomic E-state index is -1.04. The summed E-state index contributed by atoms with van der Waals surface area (Å²) in [5, 5.41) is 11.2. The highest BCUT2D eigenvalue weighted by molar-refractivity contribution is 5.82. The Morgan fingerprint density at radius 3 is 2.55 bits per heavy atom. The third-order valence-electron chi connectivity index (χ3n) is 3.25. The van der Waals surface area contributed by atoms with Crippen LogP contribution in [-0.4, -0.2) is 59.2 Å². The predicted molar refractivity (Wildman–Crippen MR) is 73.7 cm³/mol. The van der Waals surface area contributed by atoms with Gasteiger partial charge in [0.1, 0.15) is 11.9 Å². The lowest BCUT2D eigenvalue weighted by Crippen LogP contribution is -2.54. The van der Waals surface area contributed by atoms with E-state index in [1.807, 2.05) is 18.2 Å². The zero-order valence-corrected chi connectivity index (χ0v) is 11.3. The number of aliphatic carboxylic acids is 1. The lowest BCUT2D eigenvalue weighted by molar-refractivity contribution is -0.138. The van der Waals surface area contributed by atoms with Crippen molar-refractivity contribution in [1.82, 2.24) is 15.2 Å². The lowest BCUT2D eigenvalue weighted by Gasteiger charge is -2.35. The highest BCUT2D eigenvalue weighted by atomic mass is 16.4. The maximum atomic E-state index is 11.9. The molecule has 0 aromatic carbocycles. The van der Waals surface area contributed by atoms with Gasteiger partial charge in [0, 0.05) is 32.4 Å². The van der Waals surface area contributed by atoms with Gasteiger partial charge in [-0.15, -0.1) is 0 Å². The number of amides is 2. The van der Waals surface area contributed by atoms with Crippen LogP contribution in [0.15, 0.2) is 24.4 Å². The molecule has 1 aromatic rings. The first kappa shape index (κ1) is 14.1. The number of carbonyl (C=O) groups is 2. The number of pyridine rings is 1. The molecule has 0 saturated carbocycles. The maximum absolute atomic E-state index is 11.9. The Hall–Kier alpha value is -2.31. The molecule has 2 rings (SSSR count). The SMILES string of the molecule is CC(NC(=O)N1CCN(c2ccccn2)CC1)C(=O)O. The molecule has 1 saturated heterocycles. The van der Waals surface area contributed by atoms with Crippen LogP contribution in [0, 0.1) is 0 Å². The van der Waals surface area contributed by atoms with E-state index in [1.165, 1.54) is 6.92 Å². The van der Waals surface area contributed by atoms with Crippen molar-refractivity contribution in [3.63, 3.8) is 0 Å². The van der Waals surface area contributed by atoms with E-state index in [0.717, 1.165) is 5.82 Å². The first-order valence-electron chi connectivity index (χ1n) is 6.52. The third kappa shape index (κ3) is 3.37. The van der Waals surface area contributed by atoms with Gasteiger partial charge in [-0.2, -0.15) is 0 Å². The van der Waals surface area contributed by atoms with Crippen LogP contribution in [0.4, 0.5) is 10.6 Å². The standard InChI is InChI=1S/C13H18N4O3/c1-10(12(18)19)15-13(20)17-8-6-16(7-9-17)11-4-2-3-5-14-11/h2-5,10H,6-9H2,1H3,(H,15,20)(H,18,19). The van der Waals surface area contributed by atoms with Gasteiger partial charge in [-0.05, 0) is 19.1 Å². The zero-order valence-electron chi connectivity index (χ0n) is 11.3. The summed E-state index contributed by atoms with van der Waals surface area (Å²) >= 11 is 0. The van der Waals surface area contributed by atoms with Gasteiger partial charge in [-0.3, -0.25) is 4.79 Å². The fourth-order valence-electron chi connectivity index (χ4n) is 2.02. The van der Waals surface area contributed by atoms with Gasteiger partial charge in [-0.25, -0.2) is 9.78 Å². The third-order valence-corrected chi connectivity index (χ3v) is 3.25. The summed E-state index contributed by atoms with van der Waals surface area (Å²) in [6.07, 6.45) is 1.74. The van der Waals surface area contributed by atoms with Gasteiger partial charge >= 0.3 is 12.0 Å². The molecule has 0 spiro atoms. The number of hydrogen-bond donors (Lipinski definition) is 2. The summed E-state index contributed by atoms with van der Waals surface area (Å²) in [6.45, 7) is 3.92. The second-order valence-corrected chi connectivity index (χ2v) is 4.67. The first-order valence-corrected chi connectivity index (χ1v) is 6.52. The van der Waals surface area contributed by atoms with E-state index in [2.05, 4.69) is 15.2 Å². The number of nitrogens with zero attached hydrogens (tertiary/aromatic N) is 3. The smallest absolute Gasteiger partial charge is 0.325 e. The Bertz CT molecular complexity index is 472. The molecule has 1 fully saturated rings. The van der Waals surface area contributed by atoms with E-state index in [0.29, 0.717) is 26.2 Å². The molecule has 2 N–H and O–H groups in total. The predicted octanol–water partition coefficient (Wildman–Crippen LogP) is 0.386. The van der Waals surface area contributed by atoms with E-state index >= 15 is 0 Å². The normalized spacial score (nSPS) is 16.6. The highest BCUT2D eigenvalue weighted by Crippen LogP contribution is 2.12. The molecule has 1 aromatic heterocycles. The number of rotatable bonds is 3. The topological polar surface area (TPSA) is 85.8 Å². The summed E-state index contributed by atoms with van der Waals surface area (Å²) in [7, 11) is 0. The summed E-state index contributed by atoms with van der Waals surface area (Å²) in [4.78, 5) is 30.6. The van der Waals surface area contributed by atoms with Crippen LogP contribution < -0.4 is 10.2 Å². The summed E-state index contributed by atoms with van der Waals surface area (Å²) in [5.74, 6) is -0.142. The van der Waals surface area contributed by atoms with Gasteiger partial charge in [-0.1, -0.05) is 6.07 Å². The Kier molecular flexibility index (Phi) is 4.39. The average Bonchev–Trinajstić information content (AvgIpc) is 2.48. The second-order valence-electron chi connectivity index (χ2n) is 4.67. The number of urea groups is 1. The quantitative estimate of drug-likeness (QED) is 0.835. The number of nitrogens with one attached hydrogen (secondary N) is 1. The summed E-state index contributed by atoms with van der Waals surface area (Å²) < 4.78 is 0. The number of hydrogen-bond acceptors (Lipinski definition) is 4. The molecule has 2 amide bonds. The molecule has 1 aliphatic heterocycles. The van der Waals surface area contributed by atoms with Crippen molar-refractivity contribution in [2.45, 2.75) is 13.0 Å². The molecular weight excluding hydrogens is 260 g/mol. The number of carbonyl (C=O) groups excluding carboxylic acids is 1. The number of piperazine rings is 1. The average molecular weight is 278 g/mol. The largest absolute Gasteiger partial charge is 0.480 e. The molecule has 20 heavy (non-hydrogen) atoms. The van der Waals surface area contributed by atoms with Gasteiger partial charge in [0.2, 0.25) is 0 Å². The molecule has 7 nitrogen and oxygen atoms in total. The maximum Gasteiger partial charge on any atom is 0.325 e. The van der Waals surface area contributed by atoms with Gasteiger partial charge in [0.15, 0.2) is 0 Å². The fourth-order valence-corrected chi connectivity index (χ4v) is 2.02. The van der Waals surface area contributed by atoms with Crippen LogP contribution in [0.5, 0.6) is 0 Å². The Labute approximate surface area is 117 Å². The number of anilines is 1. The first-order chi connectivity index (χ1) is 9.58. The van der Waals surface area contributed by atoms with Crippen molar-refractivity contribution < 1.29 is 14.7 Å². The molecule has 1 unspecified atom stereocenters. The van der Waals surface area contributed by atoms with Crippen molar-refractivity contribution in [3.05, 3.63) is 24.4 Å². The van der Waals surface area contributed by atoms with Crippen LogP contribution >= 0.6 is 0 Å². The van der Waals surface area contributed by atoms with Crippen LogP contribution in [0.1, 0.15) is 6.92 Å². The van der Waals surface area contributed by atoms with Gasteiger partial charge < -0.3 is 20.2 Å². The zero-order chi connectivity index (χ0) is 14.5. The van der Waals surface area contributed by atoms with Crippen LogP contribution in [0.3, 0.4) is 0 Å². The van der Waals surface area contributed by atoms with Crippen molar-refractivity contribution in [1.29, 1.82) is 0 Å². The lowest BCUT2D eigenvalue weighted by atomic mass is 10.3. The van der Waals surface area contributed by atoms with Crippen LogP contribution in [-0.2, 0) is 4.79 Å². The molecule has 108 valence electrons. The van der Waals surface area contributed by atoms with Crippen LogP contribution in [0.2, 0.25) is 0 Å². The Morgan fingerprint density at radius 1 is 1.30 bits per heavy atom. The summed E-state index contributed by atoms with van der Waals surface area (Å²) in [6, 6.07) is 4.51. The Balaban J connectivity index is 1.85. The van der Waals surface area contributed by atoms with E-state index in [4.69, 9.17) is 5.11 Å². The fraction of sp³-hybridized carbons (Fsp3) is 0.462. The second kappa shape index (κ2) is 6.23. The van der Waals surface area contributed by atoms with E-state index < -0.39 is 12.0 Å². The molecule has 2 heterocycles. The molecular formula is C13H18N4O3. The molecule has 0 bridgehead atoms. The molecule has 0 aliphatic carbocycles. The van der Waals surface area contributed by atoms with Crippen LogP contribution in [0.25, 0.3) is 0 Å². The molecule has 1 aliphatic rings. The summed E-state index contributed by atoms with van der Waals surface area (Å²) in [5.41, 5.74) is 0. The number of carboxylic acids is 1. The van der Waals surface area contributed by atoms with Gasteiger partial charge in [0.25, 0.3) is 0 Å². The molecule has 0 radical (unpaired) electrons. The number of aromatic nitrogens is 1. The molecule has 1 atom stereocenters. The van der Waals surface area contributed by atoms with Crippen molar-refractivity contribution in [2.75, 3.05) is 31.1 Å². The van der Waals surface area contributed by atoms with E-state index in [1.54, 1.807) is 11.1 Å². The minimum Gasteiger partial charge on any atom is -0.480 e. The van der Waals surface area contributed by atoms with E-state index in [-0.39, 0.29) is 6.03 Å². The monoisotopic (exact) mass is 278 g/mol. The minimum absolute atomic E-state index is 0.333. The van der Waals surface area contributed by atoms with Crippen molar-refractivity contribution in [2.24, 2.45) is 0 Å². The van der Waals surface area contributed by atoms with Crippen molar-refractivity contribution >= 4 is 17.8 Å². The highest BCUT2D eigenvalue weighted by Gasteiger charge is 2.24. The van der Waals surface area contributed by atoms with Crippen molar-refractivity contribution in [3.8, 4) is 0 Å². The molecule has 7 heteroatoms.